The highest BCUT2D eigenvalue weighted by molar-refractivity contribution is 4.82. The molecule has 0 heterocycles. The molecule has 108 valence electrons. The van der Waals surface area contributed by atoms with E-state index in [1.54, 1.807) is 0 Å². The third kappa shape index (κ3) is 4.89. The van der Waals surface area contributed by atoms with Gasteiger partial charge in [0.2, 0.25) is 0 Å². The number of hydrogen-bond donors (Lipinski definition) is 2. The Labute approximate surface area is 114 Å². The molecule has 2 unspecified atom stereocenters. The fourth-order valence-electron chi connectivity index (χ4n) is 2.94. The summed E-state index contributed by atoms with van der Waals surface area (Å²) in [6.45, 7) is 12.8. The van der Waals surface area contributed by atoms with Crippen LogP contribution in [0.3, 0.4) is 0 Å². The lowest BCUT2D eigenvalue weighted by Gasteiger charge is -2.37. The van der Waals surface area contributed by atoms with Crippen molar-refractivity contribution < 1.29 is 5.11 Å². The first-order valence-electron chi connectivity index (χ1n) is 7.68. The fourth-order valence-corrected chi connectivity index (χ4v) is 2.94. The third-order valence-corrected chi connectivity index (χ3v) is 4.94. The van der Waals surface area contributed by atoms with Gasteiger partial charge in [0.1, 0.15) is 0 Å². The number of rotatable bonds is 5. The van der Waals surface area contributed by atoms with Crippen molar-refractivity contribution in [2.75, 3.05) is 13.2 Å². The number of aliphatic hydroxyl groups is 1. The zero-order valence-electron chi connectivity index (χ0n) is 13.0. The van der Waals surface area contributed by atoms with Crippen LogP contribution in [0.1, 0.15) is 60.3 Å². The van der Waals surface area contributed by atoms with Crippen molar-refractivity contribution in [3.63, 3.8) is 0 Å². The molecule has 1 rings (SSSR count). The maximum atomic E-state index is 9.13. The lowest BCUT2D eigenvalue weighted by molar-refractivity contribution is 0.144. The van der Waals surface area contributed by atoms with E-state index >= 15 is 0 Å². The highest BCUT2D eigenvalue weighted by atomic mass is 16.3. The minimum atomic E-state index is 0.283. The molecule has 2 heteroatoms. The van der Waals surface area contributed by atoms with Crippen LogP contribution in [0.2, 0.25) is 0 Å². The second-order valence-corrected chi connectivity index (χ2v) is 7.44. The summed E-state index contributed by atoms with van der Waals surface area (Å²) in [4.78, 5) is 0. The Morgan fingerprint density at radius 1 is 1.11 bits per heavy atom. The van der Waals surface area contributed by atoms with Crippen LogP contribution in [0.5, 0.6) is 0 Å². The zero-order chi connectivity index (χ0) is 13.8. The summed E-state index contributed by atoms with van der Waals surface area (Å²) in [5, 5.41) is 12.7. The summed E-state index contributed by atoms with van der Waals surface area (Å²) in [5.74, 6) is 2.11. The molecule has 18 heavy (non-hydrogen) atoms. The van der Waals surface area contributed by atoms with Crippen LogP contribution in [-0.4, -0.2) is 24.3 Å². The van der Waals surface area contributed by atoms with E-state index in [9.17, 15) is 0 Å². The molecule has 0 aromatic carbocycles. The first kappa shape index (κ1) is 16.0. The molecule has 2 atom stereocenters. The van der Waals surface area contributed by atoms with Crippen molar-refractivity contribution in [3.05, 3.63) is 0 Å². The molecule has 0 radical (unpaired) electrons. The van der Waals surface area contributed by atoms with Crippen LogP contribution >= 0.6 is 0 Å². The summed E-state index contributed by atoms with van der Waals surface area (Å²) in [6, 6.07) is 0.426. The lowest BCUT2D eigenvalue weighted by Crippen LogP contribution is -2.38. The average molecular weight is 255 g/mol. The van der Waals surface area contributed by atoms with Crippen LogP contribution in [0, 0.1) is 23.2 Å². The van der Waals surface area contributed by atoms with Crippen LogP contribution in [0.4, 0.5) is 0 Å². The van der Waals surface area contributed by atoms with E-state index in [1.165, 1.54) is 25.7 Å². The summed E-state index contributed by atoms with van der Waals surface area (Å²) in [7, 11) is 0. The minimum absolute atomic E-state index is 0.283. The zero-order valence-corrected chi connectivity index (χ0v) is 13.0. The molecule has 1 aliphatic carbocycles. The molecule has 0 amide bonds. The molecule has 0 aliphatic heterocycles. The SMILES string of the molecule is CC(CO)C(C)NCC1CCC(C(C)(C)C)CC1. The molecule has 2 N–H and O–H groups in total. The molecule has 0 aromatic rings. The normalized spacial score (nSPS) is 29.0. The molecular formula is C16H33NO. The monoisotopic (exact) mass is 255 g/mol. The molecule has 0 bridgehead atoms. The number of nitrogens with one attached hydrogen (secondary N) is 1. The largest absolute Gasteiger partial charge is 0.396 e. The standard InChI is InChI=1S/C16H33NO/c1-12(11-18)13(2)17-10-14-6-8-15(9-7-14)16(3,4)5/h12-15,17-18H,6-11H2,1-5H3. The van der Waals surface area contributed by atoms with Gasteiger partial charge in [-0.3, -0.25) is 0 Å². The van der Waals surface area contributed by atoms with Gasteiger partial charge in [-0.15, -0.1) is 0 Å². The Hall–Kier alpha value is -0.0800. The molecule has 0 saturated heterocycles. The quantitative estimate of drug-likeness (QED) is 0.788. The first-order chi connectivity index (χ1) is 8.34. The van der Waals surface area contributed by atoms with Gasteiger partial charge in [-0.1, -0.05) is 27.7 Å². The average Bonchev–Trinajstić information content (AvgIpc) is 2.34. The second kappa shape index (κ2) is 6.91. The van der Waals surface area contributed by atoms with E-state index in [0.717, 1.165) is 18.4 Å². The molecule has 0 spiro atoms. The minimum Gasteiger partial charge on any atom is -0.396 e. The van der Waals surface area contributed by atoms with Crippen molar-refractivity contribution in [2.45, 2.75) is 66.3 Å². The number of aliphatic hydroxyl groups excluding tert-OH is 1. The molecule has 1 aliphatic rings. The van der Waals surface area contributed by atoms with Gasteiger partial charge in [-0.2, -0.15) is 0 Å². The molecule has 1 saturated carbocycles. The van der Waals surface area contributed by atoms with E-state index in [2.05, 4.69) is 39.9 Å². The van der Waals surface area contributed by atoms with Crippen molar-refractivity contribution in [3.8, 4) is 0 Å². The van der Waals surface area contributed by atoms with Crippen LogP contribution in [-0.2, 0) is 0 Å². The van der Waals surface area contributed by atoms with Gasteiger partial charge < -0.3 is 10.4 Å². The summed E-state index contributed by atoms with van der Waals surface area (Å²) in [6.07, 6.45) is 5.52. The smallest absolute Gasteiger partial charge is 0.0471 e. The summed E-state index contributed by atoms with van der Waals surface area (Å²) >= 11 is 0. The Morgan fingerprint density at radius 3 is 2.11 bits per heavy atom. The maximum Gasteiger partial charge on any atom is 0.0471 e. The second-order valence-electron chi connectivity index (χ2n) is 7.44. The Balaban J connectivity index is 2.24. The summed E-state index contributed by atoms with van der Waals surface area (Å²) in [5.41, 5.74) is 0.483. The van der Waals surface area contributed by atoms with Gasteiger partial charge in [-0.05, 0) is 62.3 Å². The van der Waals surface area contributed by atoms with Gasteiger partial charge in [0.25, 0.3) is 0 Å². The number of hydrogen-bond acceptors (Lipinski definition) is 2. The van der Waals surface area contributed by atoms with Gasteiger partial charge in [-0.25, -0.2) is 0 Å². The van der Waals surface area contributed by atoms with Crippen LogP contribution < -0.4 is 5.32 Å². The first-order valence-corrected chi connectivity index (χ1v) is 7.68. The van der Waals surface area contributed by atoms with Gasteiger partial charge in [0.05, 0.1) is 0 Å². The molecule has 0 aromatic heterocycles. The third-order valence-electron chi connectivity index (χ3n) is 4.94. The molecule has 1 fully saturated rings. The Morgan fingerprint density at radius 2 is 1.67 bits per heavy atom. The predicted octanol–water partition coefficient (Wildman–Crippen LogP) is 3.45. The van der Waals surface area contributed by atoms with Crippen LogP contribution in [0.25, 0.3) is 0 Å². The van der Waals surface area contributed by atoms with E-state index < -0.39 is 0 Å². The highest BCUT2D eigenvalue weighted by Crippen LogP contribution is 2.39. The van der Waals surface area contributed by atoms with Gasteiger partial charge in [0, 0.05) is 12.6 Å². The van der Waals surface area contributed by atoms with E-state index in [0.29, 0.717) is 17.4 Å². The van der Waals surface area contributed by atoms with Gasteiger partial charge >= 0.3 is 0 Å². The van der Waals surface area contributed by atoms with Crippen molar-refractivity contribution >= 4 is 0 Å². The van der Waals surface area contributed by atoms with Crippen molar-refractivity contribution in [1.82, 2.24) is 5.32 Å². The van der Waals surface area contributed by atoms with E-state index in [-0.39, 0.29) is 6.61 Å². The maximum absolute atomic E-state index is 9.13. The van der Waals surface area contributed by atoms with Crippen molar-refractivity contribution in [1.29, 1.82) is 0 Å². The van der Waals surface area contributed by atoms with E-state index in [4.69, 9.17) is 5.11 Å². The Kier molecular flexibility index (Phi) is 6.13. The van der Waals surface area contributed by atoms with E-state index in [1.807, 2.05) is 0 Å². The fraction of sp³-hybridized carbons (Fsp3) is 1.00. The Bertz CT molecular complexity index is 226. The van der Waals surface area contributed by atoms with Crippen LogP contribution in [0.15, 0.2) is 0 Å². The highest BCUT2D eigenvalue weighted by Gasteiger charge is 2.29. The predicted molar refractivity (Wildman–Crippen MR) is 78.6 cm³/mol. The van der Waals surface area contributed by atoms with Gasteiger partial charge in [0.15, 0.2) is 0 Å². The molecule has 2 nitrogen and oxygen atoms in total. The topological polar surface area (TPSA) is 32.3 Å². The lowest BCUT2D eigenvalue weighted by atomic mass is 9.70. The molecular weight excluding hydrogens is 222 g/mol. The van der Waals surface area contributed by atoms with Crippen molar-refractivity contribution in [2.24, 2.45) is 23.2 Å². The summed E-state index contributed by atoms with van der Waals surface area (Å²) < 4.78 is 0.